The van der Waals surface area contributed by atoms with Crippen LogP contribution in [0, 0.1) is 0 Å². The van der Waals surface area contributed by atoms with E-state index in [1.165, 1.54) is 0 Å². The number of rotatable bonds is 0. The van der Waals surface area contributed by atoms with Crippen LogP contribution in [0.1, 0.15) is 0 Å². The minimum absolute atomic E-state index is 0. The van der Waals surface area contributed by atoms with Gasteiger partial charge in [-0.05, 0) is 0 Å². The molecule has 0 atom stereocenters. The zero-order valence-corrected chi connectivity index (χ0v) is 14.1. The van der Waals surface area contributed by atoms with Crippen LogP contribution < -0.4 is 0 Å². The standard InChI is InChI=1S/Cd.Ga.Ge.O.Sn. The van der Waals surface area contributed by atoms with Crippen molar-refractivity contribution in [1.82, 2.24) is 0 Å². The van der Waals surface area contributed by atoms with Crippen LogP contribution in [0.4, 0.5) is 0 Å². The number of hydrogen-bond acceptors (Lipinski definition) is 1. The first kappa shape index (κ1) is 25.2. The Labute approximate surface area is 88.7 Å². The van der Waals surface area contributed by atoms with Crippen molar-refractivity contribution < 1.29 is 30.4 Å². The van der Waals surface area contributed by atoms with Crippen molar-refractivity contribution in [2.45, 2.75) is 0 Å². The van der Waals surface area contributed by atoms with Crippen LogP contribution in [-0.2, 0) is 30.4 Å². The fraction of sp³-hybridized carbons (Fsp3) is 0. The quantitative estimate of drug-likeness (QED) is 0.473. The van der Waals surface area contributed by atoms with Crippen molar-refractivity contribution in [2.24, 2.45) is 0 Å². The Balaban J connectivity index is -0.00000000167. The molecule has 0 saturated carbocycles. The van der Waals surface area contributed by atoms with Gasteiger partial charge in [0.2, 0.25) is 0 Å². The topological polar surface area (TPSA) is 17.1 Å². The van der Waals surface area contributed by atoms with Gasteiger partial charge in [0.15, 0.2) is 0 Å². The van der Waals surface area contributed by atoms with Gasteiger partial charge in [0.05, 0.1) is 0 Å². The van der Waals surface area contributed by atoms with Gasteiger partial charge in [0.1, 0.15) is 0 Å². The summed E-state index contributed by atoms with van der Waals surface area (Å²) in [7, 11) is 0. The summed E-state index contributed by atoms with van der Waals surface area (Å²) >= 11 is 0.300. The molecule has 0 spiro atoms. The summed E-state index contributed by atoms with van der Waals surface area (Å²) in [6.45, 7) is 0. The Morgan fingerprint density at radius 2 is 1.20 bits per heavy atom. The van der Waals surface area contributed by atoms with Crippen molar-refractivity contribution in [3.63, 3.8) is 0 Å². The van der Waals surface area contributed by atoms with Gasteiger partial charge in [-0.1, -0.05) is 0 Å². The molecule has 0 saturated heterocycles. The van der Waals surface area contributed by atoms with Crippen LogP contribution in [0.15, 0.2) is 0 Å². The summed E-state index contributed by atoms with van der Waals surface area (Å²) in [6, 6.07) is 0. The van der Waals surface area contributed by atoms with E-state index in [-0.39, 0.29) is 64.7 Å². The molecule has 0 rings (SSSR count). The van der Waals surface area contributed by atoms with Crippen molar-refractivity contribution in [2.75, 3.05) is 0 Å². The molecule has 0 fully saturated rings. The number of hydrogen-bond donors (Lipinski definition) is 0. The molecule has 5 heteroatoms. The normalized spacial score (nSPS) is 0.800. The monoisotopic (exact) mass is 393 g/mol. The van der Waals surface area contributed by atoms with Crippen molar-refractivity contribution in [3.05, 3.63) is 0 Å². The molecule has 5 heavy (non-hydrogen) atoms. The van der Waals surface area contributed by atoms with Crippen LogP contribution in [0.25, 0.3) is 0 Å². The zero-order chi connectivity index (χ0) is 2.00. The summed E-state index contributed by atoms with van der Waals surface area (Å²) < 4.78 is 8.34. The fourth-order valence-corrected chi connectivity index (χ4v) is 0. The predicted octanol–water partition coefficient (Wildman–Crippen LogP) is -1.26. The first-order chi connectivity index (χ1) is 1.00. The summed E-state index contributed by atoms with van der Waals surface area (Å²) in [5.74, 6) is 0. The molecule has 0 aromatic carbocycles. The zero-order valence-electron chi connectivity index (χ0n) is 2.69. The van der Waals surface area contributed by atoms with Gasteiger partial charge in [-0.25, -0.2) is 0 Å². The molecule has 0 N–H and O–H groups in total. The van der Waals surface area contributed by atoms with E-state index in [1.54, 1.807) is 0 Å². The summed E-state index contributed by atoms with van der Waals surface area (Å²) in [6.07, 6.45) is 0. The van der Waals surface area contributed by atoms with Crippen LogP contribution in [0.3, 0.4) is 0 Å². The van der Waals surface area contributed by atoms with Crippen molar-refractivity contribution in [3.8, 4) is 0 Å². The maximum absolute atomic E-state index is 8.34. The molecule has 0 aliphatic rings. The molecular weight excluding hydrogens is 389 g/mol. The Kier molecular flexibility index (Phi) is 151. The Morgan fingerprint density at radius 1 is 1.20 bits per heavy atom. The molecule has 0 aliphatic carbocycles. The average Bonchev–Trinajstić information content (AvgIpc) is 1.00. The van der Waals surface area contributed by atoms with Crippen LogP contribution >= 0.6 is 0 Å². The Morgan fingerprint density at radius 3 is 1.20 bits per heavy atom. The van der Waals surface area contributed by atoms with E-state index in [1.807, 2.05) is 0 Å². The summed E-state index contributed by atoms with van der Waals surface area (Å²) in [5, 5.41) is 0. The SMILES string of the molecule is [Cd].[Ga].[Ge].[O]=[Sn]. The van der Waals surface area contributed by atoms with Crippen LogP contribution in [-0.4, -0.2) is 59.9 Å². The summed E-state index contributed by atoms with van der Waals surface area (Å²) in [5.41, 5.74) is 0. The molecule has 0 amide bonds. The molecule has 0 unspecified atom stereocenters. The van der Waals surface area contributed by atoms with E-state index in [0.717, 1.165) is 0 Å². The molecule has 0 aromatic rings. The van der Waals surface area contributed by atoms with E-state index in [9.17, 15) is 0 Å². The van der Waals surface area contributed by atoms with Crippen molar-refractivity contribution >= 4 is 59.9 Å². The van der Waals surface area contributed by atoms with E-state index in [2.05, 4.69) is 0 Å². The maximum atomic E-state index is 8.34. The molecule has 0 aliphatic heterocycles. The second kappa shape index (κ2) is 29.9. The molecule has 19 valence electrons. The van der Waals surface area contributed by atoms with E-state index in [4.69, 9.17) is 3.08 Å². The molecule has 0 bridgehead atoms. The first-order valence-electron chi connectivity index (χ1n) is 0.204. The van der Waals surface area contributed by atoms with Crippen LogP contribution in [0.2, 0.25) is 0 Å². The van der Waals surface area contributed by atoms with Crippen molar-refractivity contribution in [1.29, 1.82) is 0 Å². The van der Waals surface area contributed by atoms with E-state index in [0.29, 0.717) is 22.5 Å². The predicted molar refractivity (Wildman–Crippen MR) is 17.9 cm³/mol. The summed E-state index contributed by atoms with van der Waals surface area (Å²) in [4.78, 5) is 0. The third-order valence-electron chi connectivity index (χ3n) is 0. The van der Waals surface area contributed by atoms with Gasteiger partial charge in [-0.15, -0.1) is 0 Å². The average molecular weight is 389 g/mol. The van der Waals surface area contributed by atoms with Gasteiger partial charge >= 0.3 is 25.6 Å². The van der Waals surface area contributed by atoms with Gasteiger partial charge in [-0.2, -0.15) is 0 Å². The van der Waals surface area contributed by atoms with Gasteiger partial charge < -0.3 is 0 Å². The molecule has 9 radical (unpaired) electrons. The molecule has 0 aromatic heterocycles. The fourth-order valence-electron chi connectivity index (χ4n) is 0. The van der Waals surface area contributed by atoms with Crippen LogP contribution in [0.5, 0.6) is 0 Å². The first-order valence-corrected chi connectivity index (χ1v) is 1.37. The minimum atomic E-state index is 0. The van der Waals surface area contributed by atoms with Gasteiger partial charge in [-0.3, -0.25) is 0 Å². The second-order valence-corrected chi connectivity index (χ2v) is 0. The molecule has 1 nitrogen and oxygen atoms in total. The van der Waals surface area contributed by atoms with E-state index < -0.39 is 0 Å². The Bertz CT molecular complexity index is 11.6. The molecular formula is CdGaGeOSn. The third-order valence-corrected chi connectivity index (χ3v) is 0. The van der Waals surface area contributed by atoms with Gasteiger partial charge in [0.25, 0.3) is 0 Å². The van der Waals surface area contributed by atoms with Gasteiger partial charge in [0, 0.05) is 64.7 Å². The molecule has 0 heterocycles. The third kappa shape index (κ3) is 20.3. The Hall–Kier alpha value is 2.70. The second-order valence-electron chi connectivity index (χ2n) is 0. The van der Waals surface area contributed by atoms with E-state index >= 15 is 0 Å².